The second kappa shape index (κ2) is 7.75. The molecule has 114 valence electrons. The maximum Gasteiger partial charge on any atom is 0.165 e. The van der Waals surface area contributed by atoms with E-state index in [2.05, 4.69) is 10.4 Å². The summed E-state index contributed by atoms with van der Waals surface area (Å²) >= 11 is 0. The standard InChI is InChI=1S/C15H20FN3O2/c1-19-10-12(8-18-19)11-21-15-13(4-3-5-14(15)16)9-17-6-7-20-2/h3-5,8,10,17H,6-7,9,11H2,1-2H3. The number of aromatic nitrogens is 2. The zero-order chi connectivity index (χ0) is 15.1. The van der Waals surface area contributed by atoms with Gasteiger partial charge in [-0.05, 0) is 6.07 Å². The lowest BCUT2D eigenvalue weighted by Crippen LogP contribution is -2.19. The largest absolute Gasteiger partial charge is 0.485 e. The predicted molar refractivity (Wildman–Crippen MR) is 77.5 cm³/mol. The normalized spacial score (nSPS) is 10.8. The van der Waals surface area contributed by atoms with E-state index in [1.54, 1.807) is 24.1 Å². The van der Waals surface area contributed by atoms with Gasteiger partial charge in [0.2, 0.25) is 0 Å². The maximum atomic E-state index is 13.9. The van der Waals surface area contributed by atoms with Crippen LogP contribution in [0.4, 0.5) is 4.39 Å². The number of hydrogen-bond donors (Lipinski definition) is 1. The Morgan fingerprint density at radius 1 is 1.38 bits per heavy atom. The van der Waals surface area contributed by atoms with Crippen LogP contribution in [0, 0.1) is 5.82 Å². The molecule has 0 atom stereocenters. The molecule has 1 aromatic carbocycles. The molecular formula is C15H20FN3O2. The van der Waals surface area contributed by atoms with E-state index in [1.165, 1.54) is 6.07 Å². The molecule has 0 fully saturated rings. The highest BCUT2D eigenvalue weighted by molar-refractivity contribution is 5.35. The summed E-state index contributed by atoms with van der Waals surface area (Å²) in [4.78, 5) is 0. The highest BCUT2D eigenvalue weighted by Gasteiger charge is 2.10. The highest BCUT2D eigenvalue weighted by Crippen LogP contribution is 2.23. The molecule has 0 aliphatic carbocycles. The molecule has 0 amide bonds. The number of hydrogen-bond acceptors (Lipinski definition) is 4. The number of aryl methyl sites for hydroxylation is 1. The van der Waals surface area contributed by atoms with Crippen LogP contribution in [0.1, 0.15) is 11.1 Å². The number of halogens is 1. The molecule has 0 aliphatic rings. The minimum Gasteiger partial charge on any atom is -0.485 e. The minimum absolute atomic E-state index is 0.284. The fourth-order valence-electron chi connectivity index (χ4n) is 1.95. The van der Waals surface area contributed by atoms with Gasteiger partial charge in [0.25, 0.3) is 0 Å². The maximum absolute atomic E-state index is 13.9. The summed E-state index contributed by atoms with van der Waals surface area (Å²) in [5, 5.41) is 7.24. The predicted octanol–water partition coefficient (Wildman–Crippen LogP) is 1.87. The molecule has 0 radical (unpaired) electrons. The zero-order valence-corrected chi connectivity index (χ0v) is 12.3. The number of ether oxygens (including phenoxy) is 2. The van der Waals surface area contributed by atoms with Crippen LogP contribution in [-0.4, -0.2) is 30.0 Å². The quantitative estimate of drug-likeness (QED) is 0.755. The Bertz CT molecular complexity index is 572. The Hall–Kier alpha value is -1.92. The number of para-hydroxylation sites is 1. The van der Waals surface area contributed by atoms with Crippen LogP contribution in [0.2, 0.25) is 0 Å². The molecule has 1 N–H and O–H groups in total. The van der Waals surface area contributed by atoms with Gasteiger partial charge in [0, 0.05) is 44.6 Å². The van der Waals surface area contributed by atoms with Crippen molar-refractivity contribution >= 4 is 0 Å². The van der Waals surface area contributed by atoms with Gasteiger partial charge in [-0.25, -0.2) is 4.39 Å². The molecule has 6 heteroatoms. The second-order valence-corrected chi connectivity index (χ2v) is 4.71. The molecule has 5 nitrogen and oxygen atoms in total. The lowest BCUT2D eigenvalue weighted by Gasteiger charge is -2.12. The second-order valence-electron chi connectivity index (χ2n) is 4.71. The Balaban J connectivity index is 1.99. The first kappa shape index (κ1) is 15.5. The van der Waals surface area contributed by atoms with Crippen LogP contribution in [0.15, 0.2) is 30.6 Å². The number of nitrogens with zero attached hydrogens (tertiary/aromatic N) is 2. The van der Waals surface area contributed by atoms with Gasteiger partial charge in [-0.2, -0.15) is 5.10 Å². The van der Waals surface area contributed by atoms with E-state index in [1.807, 2.05) is 19.3 Å². The molecule has 1 aromatic heterocycles. The van der Waals surface area contributed by atoms with Gasteiger partial charge in [-0.15, -0.1) is 0 Å². The van der Waals surface area contributed by atoms with Gasteiger partial charge in [0.15, 0.2) is 11.6 Å². The van der Waals surface area contributed by atoms with Crippen molar-refractivity contribution in [3.63, 3.8) is 0 Å². The first-order chi connectivity index (χ1) is 10.2. The van der Waals surface area contributed by atoms with Crippen LogP contribution in [0.5, 0.6) is 5.75 Å². The van der Waals surface area contributed by atoms with Crippen LogP contribution >= 0.6 is 0 Å². The fourth-order valence-corrected chi connectivity index (χ4v) is 1.95. The summed E-state index contributed by atoms with van der Waals surface area (Å²) in [5.74, 6) is -0.0730. The van der Waals surface area contributed by atoms with E-state index >= 15 is 0 Å². The Kier molecular flexibility index (Phi) is 5.71. The Labute approximate surface area is 123 Å². The van der Waals surface area contributed by atoms with Crippen LogP contribution in [0.3, 0.4) is 0 Å². The molecule has 0 bridgehead atoms. The van der Waals surface area contributed by atoms with E-state index in [0.717, 1.165) is 11.1 Å². The van der Waals surface area contributed by atoms with E-state index < -0.39 is 0 Å². The van der Waals surface area contributed by atoms with Crippen molar-refractivity contribution in [2.24, 2.45) is 7.05 Å². The molecule has 0 spiro atoms. The topological polar surface area (TPSA) is 48.3 Å². The Morgan fingerprint density at radius 2 is 2.24 bits per heavy atom. The van der Waals surface area contributed by atoms with Crippen LogP contribution in [-0.2, 0) is 24.9 Å². The molecule has 2 aromatic rings. The van der Waals surface area contributed by atoms with Gasteiger partial charge in [-0.1, -0.05) is 12.1 Å². The molecular weight excluding hydrogens is 273 g/mol. The van der Waals surface area contributed by atoms with Gasteiger partial charge < -0.3 is 14.8 Å². The molecule has 0 saturated carbocycles. The molecule has 2 rings (SSSR count). The minimum atomic E-state index is -0.357. The molecule has 21 heavy (non-hydrogen) atoms. The van der Waals surface area contributed by atoms with E-state index in [0.29, 0.717) is 26.3 Å². The zero-order valence-electron chi connectivity index (χ0n) is 12.3. The third-order valence-electron chi connectivity index (χ3n) is 2.99. The highest BCUT2D eigenvalue weighted by atomic mass is 19.1. The summed E-state index contributed by atoms with van der Waals surface area (Å²) in [6.07, 6.45) is 3.55. The SMILES string of the molecule is COCCNCc1cccc(F)c1OCc1cnn(C)c1. The smallest absolute Gasteiger partial charge is 0.165 e. The summed E-state index contributed by atoms with van der Waals surface area (Å²) < 4.78 is 26.2. The number of methoxy groups -OCH3 is 1. The summed E-state index contributed by atoms with van der Waals surface area (Å²) in [5.41, 5.74) is 1.69. The molecule has 0 unspecified atom stereocenters. The Morgan fingerprint density at radius 3 is 2.95 bits per heavy atom. The van der Waals surface area contributed by atoms with E-state index in [-0.39, 0.29) is 11.6 Å². The van der Waals surface area contributed by atoms with Gasteiger partial charge in [0.1, 0.15) is 6.61 Å². The lowest BCUT2D eigenvalue weighted by atomic mass is 10.2. The summed E-state index contributed by atoms with van der Waals surface area (Å²) in [6, 6.07) is 4.93. The van der Waals surface area contributed by atoms with Gasteiger partial charge in [0.05, 0.1) is 12.8 Å². The average Bonchev–Trinajstić information content (AvgIpc) is 2.88. The monoisotopic (exact) mass is 293 g/mol. The van der Waals surface area contributed by atoms with Crippen molar-refractivity contribution in [1.29, 1.82) is 0 Å². The van der Waals surface area contributed by atoms with Crippen molar-refractivity contribution in [2.45, 2.75) is 13.2 Å². The third kappa shape index (κ3) is 4.54. The number of rotatable bonds is 8. The van der Waals surface area contributed by atoms with Crippen molar-refractivity contribution in [2.75, 3.05) is 20.3 Å². The lowest BCUT2D eigenvalue weighted by molar-refractivity contribution is 0.199. The van der Waals surface area contributed by atoms with Crippen molar-refractivity contribution in [3.8, 4) is 5.75 Å². The molecule has 1 heterocycles. The van der Waals surface area contributed by atoms with Crippen LogP contribution in [0.25, 0.3) is 0 Å². The van der Waals surface area contributed by atoms with E-state index in [4.69, 9.17) is 9.47 Å². The summed E-state index contributed by atoms with van der Waals surface area (Å²) in [6.45, 7) is 2.14. The van der Waals surface area contributed by atoms with Crippen molar-refractivity contribution in [1.82, 2.24) is 15.1 Å². The first-order valence-electron chi connectivity index (χ1n) is 6.78. The molecule has 0 saturated heterocycles. The van der Waals surface area contributed by atoms with Crippen LogP contribution < -0.4 is 10.1 Å². The third-order valence-corrected chi connectivity index (χ3v) is 2.99. The molecule has 0 aliphatic heterocycles. The van der Waals surface area contributed by atoms with E-state index in [9.17, 15) is 4.39 Å². The average molecular weight is 293 g/mol. The first-order valence-corrected chi connectivity index (χ1v) is 6.78. The number of nitrogens with one attached hydrogen (secondary N) is 1. The van der Waals surface area contributed by atoms with Crippen molar-refractivity contribution < 1.29 is 13.9 Å². The number of benzene rings is 1. The fraction of sp³-hybridized carbons (Fsp3) is 0.400. The van der Waals surface area contributed by atoms with Crippen molar-refractivity contribution in [3.05, 3.63) is 47.5 Å². The van der Waals surface area contributed by atoms with Gasteiger partial charge in [-0.3, -0.25) is 4.68 Å². The summed E-state index contributed by atoms with van der Waals surface area (Å²) in [7, 11) is 3.48. The van der Waals surface area contributed by atoms with Gasteiger partial charge >= 0.3 is 0 Å².